The molecule has 2 N–H and O–H groups in total. The van der Waals surface area contributed by atoms with E-state index in [0.717, 1.165) is 16.9 Å². The third kappa shape index (κ3) is 4.34. The van der Waals surface area contributed by atoms with Crippen LogP contribution in [0.3, 0.4) is 0 Å². The molecule has 0 spiro atoms. The van der Waals surface area contributed by atoms with Crippen LogP contribution in [0, 0.1) is 6.92 Å². The molecule has 1 atom stereocenters. The van der Waals surface area contributed by atoms with Crippen LogP contribution in [0.15, 0.2) is 42.5 Å². The molecule has 1 heterocycles. The number of amides is 1. The lowest BCUT2D eigenvalue weighted by Gasteiger charge is -2.39. The molecular weight excluding hydrogens is 344 g/mol. The summed E-state index contributed by atoms with van der Waals surface area (Å²) in [5.74, 6) is 2.14. The van der Waals surface area contributed by atoms with Gasteiger partial charge in [-0.1, -0.05) is 24.3 Å². The van der Waals surface area contributed by atoms with Crippen molar-refractivity contribution in [1.82, 2.24) is 4.90 Å². The van der Waals surface area contributed by atoms with Gasteiger partial charge >= 0.3 is 0 Å². The number of benzene rings is 2. The van der Waals surface area contributed by atoms with Gasteiger partial charge in [0.05, 0.1) is 27.3 Å². The van der Waals surface area contributed by atoms with Gasteiger partial charge in [0.25, 0.3) is 0 Å². The first-order valence-electron chi connectivity index (χ1n) is 8.99. The molecule has 27 heavy (non-hydrogen) atoms. The highest BCUT2D eigenvalue weighted by Gasteiger charge is 2.33. The summed E-state index contributed by atoms with van der Waals surface area (Å²) in [6.07, 6.45) is 0.277. The van der Waals surface area contributed by atoms with Gasteiger partial charge in [0.1, 0.15) is 11.9 Å². The molecule has 6 heteroatoms. The number of aryl methyl sites for hydroxylation is 1. The van der Waals surface area contributed by atoms with Crippen molar-refractivity contribution < 1.29 is 19.0 Å². The zero-order chi connectivity index (χ0) is 19.4. The van der Waals surface area contributed by atoms with Crippen LogP contribution in [-0.4, -0.2) is 44.2 Å². The normalized spacial score (nSPS) is 15.0. The van der Waals surface area contributed by atoms with Crippen LogP contribution in [-0.2, 0) is 4.79 Å². The summed E-state index contributed by atoms with van der Waals surface area (Å²) in [6.45, 7) is 3.19. The second-order valence-electron chi connectivity index (χ2n) is 6.73. The van der Waals surface area contributed by atoms with Gasteiger partial charge in [-0.15, -0.1) is 0 Å². The van der Waals surface area contributed by atoms with Gasteiger partial charge in [0.15, 0.2) is 11.5 Å². The lowest BCUT2D eigenvalue weighted by Crippen LogP contribution is -2.56. The topological polar surface area (TPSA) is 74.0 Å². The monoisotopic (exact) mass is 370 g/mol. The Morgan fingerprint density at radius 3 is 2.48 bits per heavy atom. The van der Waals surface area contributed by atoms with Gasteiger partial charge in [-0.05, 0) is 36.2 Å². The Morgan fingerprint density at radius 1 is 1.11 bits per heavy atom. The average molecular weight is 370 g/mol. The van der Waals surface area contributed by atoms with Gasteiger partial charge in [0, 0.05) is 12.5 Å². The molecule has 2 aromatic carbocycles. The second kappa shape index (κ2) is 8.31. The largest absolute Gasteiger partial charge is 0.493 e. The summed E-state index contributed by atoms with van der Waals surface area (Å²) >= 11 is 0. The van der Waals surface area contributed by atoms with Crippen LogP contribution in [0.25, 0.3) is 0 Å². The molecule has 1 saturated heterocycles. The number of methoxy groups -OCH3 is 2. The number of hydrogen-bond acceptors (Lipinski definition) is 5. The van der Waals surface area contributed by atoms with E-state index >= 15 is 0 Å². The average Bonchev–Trinajstić information content (AvgIpc) is 2.64. The Kier molecular flexibility index (Phi) is 5.86. The minimum absolute atomic E-state index is 0.0296. The molecule has 0 saturated carbocycles. The summed E-state index contributed by atoms with van der Waals surface area (Å²) in [6, 6.07) is 13.0. The SMILES string of the molecule is COc1ccc([C@H](N)CC(=O)N2CC(Oc3ccccc3C)C2)cc1OC. The lowest BCUT2D eigenvalue weighted by molar-refractivity contribution is -0.140. The molecule has 0 unspecified atom stereocenters. The standard InChI is InChI=1S/C21H26N2O4/c1-14-6-4-5-7-18(14)27-16-12-23(13-16)21(24)11-17(22)15-8-9-19(25-2)20(10-15)26-3/h4-10,16-17H,11-13,22H2,1-3H3/t17-/m1/s1. The van der Waals surface area contributed by atoms with Gasteiger partial charge in [-0.25, -0.2) is 0 Å². The summed E-state index contributed by atoms with van der Waals surface area (Å²) in [4.78, 5) is 14.3. The Labute approximate surface area is 159 Å². The fraction of sp³-hybridized carbons (Fsp3) is 0.381. The Bertz CT molecular complexity index is 803. The second-order valence-corrected chi connectivity index (χ2v) is 6.73. The van der Waals surface area contributed by atoms with Gasteiger partial charge in [-0.3, -0.25) is 4.79 Å². The van der Waals surface area contributed by atoms with Crippen molar-refractivity contribution in [3.63, 3.8) is 0 Å². The minimum Gasteiger partial charge on any atom is -0.493 e. The zero-order valence-corrected chi connectivity index (χ0v) is 16.0. The highest BCUT2D eigenvalue weighted by Crippen LogP contribution is 2.30. The van der Waals surface area contributed by atoms with Crippen molar-refractivity contribution in [2.24, 2.45) is 5.73 Å². The first kappa shape index (κ1) is 19.0. The van der Waals surface area contributed by atoms with Crippen LogP contribution in [0.1, 0.15) is 23.6 Å². The highest BCUT2D eigenvalue weighted by atomic mass is 16.5. The molecule has 1 fully saturated rings. The number of nitrogens with two attached hydrogens (primary N) is 1. The predicted octanol–water partition coefficient (Wildman–Crippen LogP) is 2.69. The fourth-order valence-corrected chi connectivity index (χ4v) is 3.10. The van der Waals surface area contributed by atoms with Gasteiger partial charge in [-0.2, -0.15) is 0 Å². The smallest absolute Gasteiger partial charge is 0.224 e. The fourth-order valence-electron chi connectivity index (χ4n) is 3.10. The Hall–Kier alpha value is -2.73. The third-order valence-electron chi connectivity index (χ3n) is 4.82. The van der Waals surface area contributed by atoms with Crippen molar-refractivity contribution in [2.75, 3.05) is 27.3 Å². The summed E-state index contributed by atoms with van der Waals surface area (Å²) in [7, 11) is 3.16. The van der Waals surface area contributed by atoms with Gasteiger partial charge in [0.2, 0.25) is 5.91 Å². The molecule has 0 radical (unpaired) electrons. The number of carbonyl (C=O) groups excluding carboxylic acids is 1. The summed E-state index contributed by atoms with van der Waals surface area (Å²) < 4.78 is 16.5. The maximum absolute atomic E-state index is 12.5. The van der Waals surface area contributed by atoms with Crippen molar-refractivity contribution in [1.29, 1.82) is 0 Å². The van der Waals surface area contributed by atoms with E-state index in [1.54, 1.807) is 25.2 Å². The number of para-hydroxylation sites is 1. The molecule has 0 aliphatic carbocycles. The van der Waals surface area contributed by atoms with Crippen molar-refractivity contribution >= 4 is 5.91 Å². The zero-order valence-electron chi connectivity index (χ0n) is 16.0. The maximum atomic E-state index is 12.5. The van der Waals surface area contributed by atoms with Crippen molar-refractivity contribution in [2.45, 2.75) is 25.5 Å². The quantitative estimate of drug-likeness (QED) is 0.811. The van der Waals surface area contributed by atoms with Crippen LogP contribution >= 0.6 is 0 Å². The van der Waals surface area contributed by atoms with Crippen molar-refractivity contribution in [3.8, 4) is 17.2 Å². The van der Waals surface area contributed by atoms with Crippen LogP contribution in [0.4, 0.5) is 0 Å². The molecule has 2 aromatic rings. The number of rotatable bonds is 7. The van der Waals surface area contributed by atoms with Crippen molar-refractivity contribution in [3.05, 3.63) is 53.6 Å². The number of hydrogen-bond donors (Lipinski definition) is 1. The number of likely N-dealkylation sites (tertiary alicyclic amines) is 1. The summed E-state index contributed by atoms with van der Waals surface area (Å²) in [5, 5.41) is 0. The van der Waals surface area contributed by atoms with E-state index in [-0.39, 0.29) is 18.4 Å². The van der Waals surface area contributed by atoms with Crippen LogP contribution in [0.5, 0.6) is 17.2 Å². The lowest BCUT2D eigenvalue weighted by atomic mass is 10.0. The molecule has 1 aliphatic rings. The summed E-state index contributed by atoms with van der Waals surface area (Å²) in [5.41, 5.74) is 8.17. The molecular formula is C21H26N2O4. The third-order valence-corrected chi connectivity index (χ3v) is 4.82. The molecule has 0 bridgehead atoms. The van der Waals surface area contributed by atoms with Gasteiger partial charge < -0.3 is 24.8 Å². The van der Waals surface area contributed by atoms with Crippen LogP contribution < -0.4 is 19.9 Å². The Morgan fingerprint density at radius 2 is 1.81 bits per heavy atom. The van der Waals surface area contributed by atoms with E-state index in [4.69, 9.17) is 19.9 Å². The van der Waals surface area contributed by atoms with E-state index in [0.29, 0.717) is 24.6 Å². The molecule has 144 valence electrons. The molecule has 3 rings (SSSR count). The number of nitrogens with zero attached hydrogens (tertiary/aromatic N) is 1. The molecule has 0 aromatic heterocycles. The minimum atomic E-state index is -0.395. The molecule has 1 amide bonds. The number of carbonyl (C=O) groups is 1. The van der Waals surface area contributed by atoms with E-state index in [1.165, 1.54) is 0 Å². The van der Waals surface area contributed by atoms with Crippen LogP contribution in [0.2, 0.25) is 0 Å². The first-order valence-corrected chi connectivity index (χ1v) is 8.99. The molecule has 6 nitrogen and oxygen atoms in total. The van der Waals surface area contributed by atoms with E-state index in [2.05, 4.69) is 0 Å². The predicted molar refractivity (Wildman–Crippen MR) is 103 cm³/mol. The van der Waals surface area contributed by atoms with E-state index < -0.39 is 6.04 Å². The Balaban J connectivity index is 1.52. The van der Waals surface area contributed by atoms with E-state index in [1.807, 2.05) is 43.3 Å². The number of ether oxygens (including phenoxy) is 3. The van der Waals surface area contributed by atoms with E-state index in [9.17, 15) is 4.79 Å². The highest BCUT2D eigenvalue weighted by molar-refractivity contribution is 5.78. The maximum Gasteiger partial charge on any atom is 0.224 e. The molecule has 1 aliphatic heterocycles. The first-order chi connectivity index (χ1) is 13.0.